The van der Waals surface area contributed by atoms with Gasteiger partial charge in [0.15, 0.2) is 0 Å². The number of aliphatic hydroxyl groups excluding tert-OH is 1. The Kier molecular flexibility index (Phi) is 3.05. The summed E-state index contributed by atoms with van der Waals surface area (Å²) in [6.45, 7) is -0.928. The molecule has 0 rings (SSSR count). The highest BCUT2D eigenvalue weighted by atomic mass is 19.4. The molecule has 72 valence electrons. The van der Waals surface area contributed by atoms with Gasteiger partial charge in [-0.15, -0.1) is 0 Å². The molecular weight excluding hydrogens is 179 g/mol. The highest BCUT2D eigenvalue weighted by Crippen LogP contribution is 2.30. The lowest BCUT2D eigenvalue weighted by Gasteiger charge is -2.26. The summed E-state index contributed by atoms with van der Waals surface area (Å²) in [5, 5.41) is 16.3. The maximum absolute atomic E-state index is 11.9. The molecule has 0 aromatic carbocycles. The third-order valence-electron chi connectivity index (χ3n) is 1.39. The second-order valence-electron chi connectivity index (χ2n) is 2.25. The normalized spacial score (nSPS) is 17.1. The highest BCUT2D eigenvalue weighted by molar-refractivity contribution is 5.79. The molecule has 0 fully saturated rings. The van der Waals surface area contributed by atoms with Gasteiger partial charge in [-0.25, -0.2) is 4.79 Å². The van der Waals surface area contributed by atoms with Crippen molar-refractivity contribution in [3.63, 3.8) is 0 Å². The summed E-state index contributed by atoms with van der Waals surface area (Å²) in [5.41, 5.74) is 1.20. The molecule has 1 atom stereocenters. The molecule has 12 heavy (non-hydrogen) atoms. The van der Waals surface area contributed by atoms with Gasteiger partial charge in [0.1, 0.15) is 0 Å². The molecule has 0 aliphatic rings. The van der Waals surface area contributed by atoms with Crippen molar-refractivity contribution < 1.29 is 28.2 Å². The first kappa shape index (κ1) is 11.2. The Hall–Kier alpha value is -0.820. The van der Waals surface area contributed by atoms with Gasteiger partial charge in [0.05, 0.1) is 0 Å². The monoisotopic (exact) mass is 187 g/mol. The van der Waals surface area contributed by atoms with Gasteiger partial charge in [-0.1, -0.05) is 0 Å². The predicted molar refractivity (Wildman–Crippen MR) is 32.3 cm³/mol. The first-order valence-corrected chi connectivity index (χ1v) is 2.95. The third kappa shape index (κ3) is 1.86. The van der Waals surface area contributed by atoms with Gasteiger partial charge >= 0.3 is 12.1 Å². The van der Waals surface area contributed by atoms with Crippen LogP contribution in [0.5, 0.6) is 0 Å². The van der Waals surface area contributed by atoms with Crippen molar-refractivity contribution >= 4 is 5.97 Å². The number of carboxylic acids is 1. The molecule has 0 aliphatic carbocycles. The summed E-state index contributed by atoms with van der Waals surface area (Å²) < 4.78 is 35.8. The summed E-state index contributed by atoms with van der Waals surface area (Å²) in [5.74, 6) is -2.19. The number of hydrogen-bond donors (Lipinski definition) is 3. The fraction of sp³-hybridized carbons (Fsp3) is 0.800. The molecule has 0 amide bonds. The van der Waals surface area contributed by atoms with Gasteiger partial charge < -0.3 is 15.9 Å². The molecular formula is C5H8F3NO3. The summed E-state index contributed by atoms with van der Waals surface area (Å²) in [4.78, 5) is 10.1. The minimum Gasteiger partial charge on any atom is -0.480 e. The van der Waals surface area contributed by atoms with E-state index in [9.17, 15) is 18.0 Å². The van der Waals surface area contributed by atoms with Crippen LogP contribution in [-0.4, -0.2) is 34.5 Å². The van der Waals surface area contributed by atoms with Crippen molar-refractivity contribution in [3.05, 3.63) is 0 Å². The van der Waals surface area contributed by atoms with E-state index < -0.39 is 30.7 Å². The molecule has 0 bridgehead atoms. The van der Waals surface area contributed by atoms with Crippen LogP contribution in [0.4, 0.5) is 13.2 Å². The van der Waals surface area contributed by atoms with Gasteiger partial charge in [0.2, 0.25) is 5.54 Å². The van der Waals surface area contributed by atoms with E-state index >= 15 is 0 Å². The second-order valence-corrected chi connectivity index (χ2v) is 2.25. The Morgan fingerprint density at radius 3 is 1.92 bits per heavy atom. The van der Waals surface area contributed by atoms with E-state index in [1.807, 2.05) is 0 Å². The van der Waals surface area contributed by atoms with Crippen molar-refractivity contribution in [2.75, 3.05) is 6.61 Å². The molecule has 0 aliphatic heterocycles. The maximum Gasteiger partial charge on any atom is 0.417 e. The number of carbonyl (C=O) groups is 1. The van der Waals surface area contributed by atoms with Crippen LogP contribution in [0.1, 0.15) is 6.42 Å². The number of alkyl halides is 3. The molecule has 0 saturated heterocycles. The van der Waals surface area contributed by atoms with E-state index in [0.29, 0.717) is 0 Å². The molecule has 0 aromatic rings. The zero-order valence-electron chi connectivity index (χ0n) is 5.93. The Bertz CT molecular complexity index is 181. The van der Waals surface area contributed by atoms with Crippen LogP contribution in [-0.2, 0) is 4.79 Å². The molecule has 0 spiro atoms. The number of aliphatic hydroxyl groups is 1. The SMILES string of the molecule is N[C@](CCO)(C(=O)O)C(F)(F)F. The van der Waals surface area contributed by atoms with E-state index in [1.165, 1.54) is 0 Å². The van der Waals surface area contributed by atoms with Crippen LogP contribution in [0.15, 0.2) is 0 Å². The van der Waals surface area contributed by atoms with Crippen LogP contribution in [0.25, 0.3) is 0 Å². The van der Waals surface area contributed by atoms with Gasteiger partial charge in [0.25, 0.3) is 0 Å². The molecule has 0 unspecified atom stereocenters. The first-order chi connectivity index (χ1) is 5.25. The maximum atomic E-state index is 11.9. The average Bonchev–Trinajstić information content (AvgIpc) is 1.85. The number of rotatable bonds is 3. The van der Waals surface area contributed by atoms with E-state index in [4.69, 9.17) is 10.2 Å². The van der Waals surface area contributed by atoms with Crippen molar-refractivity contribution in [2.45, 2.75) is 18.1 Å². The number of aliphatic carboxylic acids is 1. The van der Waals surface area contributed by atoms with Gasteiger partial charge in [-0.2, -0.15) is 13.2 Å². The molecule has 0 heterocycles. The van der Waals surface area contributed by atoms with Crippen molar-refractivity contribution in [2.24, 2.45) is 5.73 Å². The zero-order chi connectivity index (χ0) is 9.99. The third-order valence-corrected chi connectivity index (χ3v) is 1.39. The summed E-state index contributed by atoms with van der Waals surface area (Å²) in [7, 11) is 0. The highest BCUT2D eigenvalue weighted by Gasteiger charge is 2.57. The standard InChI is InChI=1S/C5H8F3NO3/c6-5(7,8)4(9,1-2-10)3(11)12/h10H,1-2,9H2,(H,11,12)/t4-/m1/s1. The fourth-order valence-electron chi connectivity index (χ4n) is 0.546. The summed E-state index contributed by atoms with van der Waals surface area (Å²) in [6, 6.07) is 0. The number of halogens is 3. The lowest BCUT2D eigenvalue weighted by Crippen LogP contribution is -2.60. The minimum absolute atomic E-state index is 0.928. The number of carboxylic acid groups (broad SMARTS) is 1. The molecule has 0 radical (unpaired) electrons. The number of nitrogens with two attached hydrogens (primary N) is 1. The lowest BCUT2D eigenvalue weighted by molar-refractivity contribution is -0.204. The quantitative estimate of drug-likeness (QED) is 0.567. The Morgan fingerprint density at radius 1 is 1.42 bits per heavy atom. The molecule has 0 saturated carbocycles. The molecule has 4 nitrogen and oxygen atoms in total. The van der Waals surface area contributed by atoms with Crippen molar-refractivity contribution in [1.82, 2.24) is 0 Å². The van der Waals surface area contributed by atoms with Crippen molar-refractivity contribution in [1.29, 1.82) is 0 Å². The minimum atomic E-state index is -5.05. The van der Waals surface area contributed by atoms with E-state index in [1.54, 1.807) is 0 Å². The fourth-order valence-corrected chi connectivity index (χ4v) is 0.546. The van der Waals surface area contributed by atoms with Crippen molar-refractivity contribution in [3.8, 4) is 0 Å². The summed E-state index contributed by atoms with van der Waals surface area (Å²) >= 11 is 0. The Labute approximate surface area is 65.8 Å². The summed E-state index contributed by atoms with van der Waals surface area (Å²) in [6.07, 6.45) is -6.10. The predicted octanol–water partition coefficient (Wildman–Crippen LogP) is -0.287. The van der Waals surface area contributed by atoms with Crippen LogP contribution in [0.3, 0.4) is 0 Å². The average molecular weight is 187 g/mol. The molecule has 7 heteroatoms. The zero-order valence-corrected chi connectivity index (χ0v) is 5.93. The van der Waals surface area contributed by atoms with Crippen LogP contribution in [0, 0.1) is 0 Å². The lowest BCUT2D eigenvalue weighted by atomic mass is 9.97. The Balaban J connectivity index is 4.75. The smallest absolute Gasteiger partial charge is 0.417 e. The topological polar surface area (TPSA) is 83.5 Å². The number of hydrogen-bond acceptors (Lipinski definition) is 3. The van der Waals surface area contributed by atoms with E-state index in [0.717, 1.165) is 0 Å². The van der Waals surface area contributed by atoms with Gasteiger partial charge in [-0.05, 0) is 0 Å². The molecule has 0 aromatic heterocycles. The second kappa shape index (κ2) is 3.28. The Morgan fingerprint density at radius 2 is 1.83 bits per heavy atom. The van der Waals surface area contributed by atoms with Gasteiger partial charge in [-0.3, -0.25) is 0 Å². The van der Waals surface area contributed by atoms with Crippen LogP contribution < -0.4 is 5.73 Å². The van der Waals surface area contributed by atoms with E-state index in [-0.39, 0.29) is 0 Å². The first-order valence-electron chi connectivity index (χ1n) is 2.95. The largest absolute Gasteiger partial charge is 0.480 e. The molecule has 4 N–H and O–H groups in total. The van der Waals surface area contributed by atoms with Gasteiger partial charge in [0, 0.05) is 13.0 Å². The van der Waals surface area contributed by atoms with Crippen LogP contribution >= 0.6 is 0 Å². The van der Waals surface area contributed by atoms with Crippen LogP contribution in [0.2, 0.25) is 0 Å². The van der Waals surface area contributed by atoms with E-state index in [2.05, 4.69) is 5.73 Å².